The van der Waals surface area contributed by atoms with Crippen LogP contribution in [0.5, 0.6) is 0 Å². The van der Waals surface area contributed by atoms with Crippen LogP contribution in [0, 0.1) is 13.8 Å². The lowest BCUT2D eigenvalue weighted by atomic mass is 9.99. The van der Waals surface area contributed by atoms with E-state index in [1.54, 1.807) is 20.8 Å². The van der Waals surface area contributed by atoms with E-state index in [2.05, 4.69) is 10.6 Å². The number of carbonyl (C=O) groups is 3. The van der Waals surface area contributed by atoms with Gasteiger partial charge >= 0.3 is 6.09 Å². The van der Waals surface area contributed by atoms with Gasteiger partial charge in [0.25, 0.3) is 0 Å². The van der Waals surface area contributed by atoms with Crippen molar-refractivity contribution in [3.63, 3.8) is 0 Å². The number of hydrogen-bond acceptors (Lipinski definition) is 5. The molecule has 0 aromatic heterocycles. The highest BCUT2D eigenvalue weighted by Gasteiger charge is 2.31. The number of ether oxygens (including phenoxy) is 1. The molecular formula is C23H37N3O5. The molecule has 3 amide bonds. The zero-order valence-electron chi connectivity index (χ0n) is 19.6. The Labute approximate surface area is 185 Å². The largest absolute Gasteiger partial charge is 0.444 e. The molecule has 174 valence electrons. The minimum Gasteiger partial charge on any atom is -0.444 e. The molecule has 0 spiro atoms. The molecule has 3 N–H and O–H groups in total. The van der Waals surface area contributed by atoms with Gasteiger partial charge in [0.2, 0.25) is 11.8 Å². The summed E-state index contributed by atoms with van der Waals surface area (Å²) >= 11 is 0. The third kappa shape index (κ3) is 9.38. The van der Waals surface area contributed by atoms with Crippen LogP contribution in [0.25, 0.3) is 0 Å². The van der Waals surface area contributed by atoms with E-state index in [1.165, 1.54) is 4.90 Å². The first kappa shape index (κ1) is 26.4. The van der Waals surface area contributed by atoms with E-state index < -0.39 is 23.6 Å². The standard InChI is InChI=1S/C23H37N3O5/c1-7-8-9-24-21(29)20(18-13-16(2)12-17(3)14-18)26(10-11-27)19(28)15-25-22(30)31-23(4,5)6/h12-14,20,27H,7-11,15H2,1-6H3,(H,24,29)(H,25,30). The first-order valence-electron chi connectivity index (χ1n) is 10.7. The van der Waals surface area contributed by atoms with Crippen LogP contribution in [-0.4, -0.2) is 59.8 Å². The van der Waals surface area contributed by atoms with Gasteiger partial charge in [-0.15, -0.1) is 0 Å². The number of aliphatic hydroxyl groups is 1. The number of benzene rings is 1. The molecule has 0 aliphatic heterocycles. The predicted molar refractivity (Wildman–Crippen MR) is 120 cm³/mol. The number of aryl methyl sites for hydroxylation is 2. The van der Waals surface area contributed by atoms with Gasteiger partial charge < -0.3 is 25.4 Å². The quantitative estimate of drug-likeness (QED) is 0.490. The molecule has 0 saturated heterocycles. The van der Waals surface area contributed by atoms with Crippen molar-refractivity contribution >= 4 is 17.9 Å². The number of nitrogens with one attached hydrogen (secondary N) is 2. The lowest BCUT2D eigenvalue weighted by Crippen LogP contribution is -2.49. The maximum absolute atomic E-state index is 13.1. The maximum atomic E-state index is 13.1. The van der Waals surface area contributed by atoms with Crippen LogP contribution >= 0.6 is 0 Å². The maximum Gasteiger partial charge on any atom is 0.408 e. The van der Waals surface area contributed by atoms with Crippen LogP contribution in [0.3, 0.4) is 0 Å². The second-order valence-corrected chi connectivity index (χ2v) is 8.63. The van der Waals surface area contributed by atoms with Crippen molar-refractivity contribution in [2.75, 3.05) is 26.2 Å². The van der Waals surface area contributed by atoms with Gasteiger partial charge in [-0.3, -0.25) is 9.59 Å². The second-order valence-electron chi connectivity index (χ2n) is 8.63. The molecular weight excluding hydrogens is 398 g/mol. The van der Waals surface area contributed by atoms with Gasteiger partial charge in [-0.25, -0.2) is 4.79 Å². The Morgan fingerprint density at radius 1 is 1.10 bits per heavy atom. The molecule has 0 fully saturated rings. The molecule has 0 radical (unpaired) electrons. The molecule has 1 aromatic carbocycles. The lowest BCUT2D eigenvalue weighted by molar-refractivity contribution is -0.140. The molecule has 0 aliphatic rings. The minimum absolute atomic E-state index is 0.0479. The average Bonchev–Trinajstić information content (AvgIpc) is 2.64. The Bertz CT molecular complexity index is 738. The summed E-state index contributed by atoms with van der Waals surface area (Å²) in [6.45, 7) is 10.8. The van der Waals surface area contributed by atoms with Crippen LogP contribution < -0.4 is 10.6 Å². The van der Waals surface area contributed by atoms with E-state index in [-0.39, 0.29) is 25.6 Å². The molecule has 31 heavy (non-hydrogen) atoms. The fourth-order valence-electron chi connectivity index (χ4n) is 3.19. The van der Waals surface area contributed by atoms with Crippen LogP contribution in [0.15, 0.2) is 18.2 Å². The third-order valence-corrected chi connectivity index (χ3v) is 4.39. The fraction of sp³-hybridized carbons (Fsp3) is 0.609. The van der Waals surface area contributed by atoms with Crippen molar-refractivity contribution < 1.29 is 24.2 Å². The van der Waals surface area contributed by atoms with Crippen LogP contribution in [0.4, 0.5) is 4.79 Å². The molecule has 8 nitrogen and oxygen atoms in total. The van der Waals surface area contributed by atoms with Crippen LogP contribution in [0.1, 0.15) is 63.3 Å². The summed E-state index contributed by atoms with van der Waals surface area (Å²) < 4.78 is 5.17. The third-order valence-electron chi connectivity index (χ3n) is 4.39. The minimum atomic E-state index is -0.921. The molecule has 1 aromatic rings. The first-order chi connectivity index (χ1) is 14.5. The van der Waals surface area contributed by atoms with Crippen molar-refractivity contribution in [1.29, 1.82) is 0 Å². The van der Waals surface area contributed by atoms with Crippen LogP contribution in [-0.2, 0) is 14.3 Å². The van der Waals surface area contributed by atoms with Crippen molar-refractivity contribution in [1.82, 2.24) is 15.5 Å². The van der Waals surface area contributed by atoms with Gasteiger partial charge in [0, 0.05) is 13.1 Å². The van der Waals surface area contributed by atoms with Crippen molar-refractivity contribution in [3.05, 3.63) is 34.9 Å². The summed E-state index contributed by atoms with van der Waals surface area (Å²) in [5.41, 5.74) is 1.89. The lowest BCUT2D eigenvalue weighted by Gasteiger charge is -2.31. The van der Waals surface area contributed by atoms with Gasteiger partial charge in [0.05, 0.1) is 6.61 Å². The summed E-state index contributed by atoms with van der Waals surface area (Å²) in [6, 6.07) is 4.78. The number of alkyl carbamates (subject to hydrolysis) is 1. The van der Waals surface area contributed by atoms with E-state index in [4.69, 9.17) is 4.74 Å². The van der Waals surface area contributed by atoms with Gasteiger partial charge in [-0.05, 0) is 46.6 Å². The highest BCUT2D eigenvalue weighted by Crippen LogP contribution is 2.24. The Morgan fingerprint density at radius 3 is 2.23 bits per heavy atom. The Balaban J connectivity index is 3.14. The number of carbonyl (C=O) groups excluding carboxylic acids is 3. The zero-order chi connectivity index (χ0) is 23.6. The number of rotatable bonds is 10. The van der Waals surface area contributed by atoms with Crippen molar-refractivity contribution in [2.45, 2.75) is 66.0 Å². The average molecular weight is 436 g/mol. The Kier molecular flexibility index (Phi) is 10.5. The predicted octanol–water partition coefficient (Wildman–Crippen LogP) is 2.61. The summed E-state index contributed by atoms with van der Waals surface area (Å²) in [6.07, 6.45) is 1.02. The smallest absolute Gasteiger partial charge is 0.408 e. The summed E-state index contributed by atoms with van der Waals surface area (Å²) in [7, 11) is 0. The van der Waals surface area contributed by atoms with E-state index in [9.17, 15) is 19.5 Å². The van der Waals surface area contributed by atoms with E-state index in [0.717, 1.165) is 24.0 Å². The van der Waals surface area contributed by atoms with Gasteiger partial charge in [-0.1, -0.05) is 42.7 Å². The topological polar surface area (TPSA) is 108 Å². The zero-order valence-corrected chi connectivity index (χ0v) is 19.6. The SMILES string of the molecule is CCCCNC(=O)C(c1cc(C)cc(C)c1)N(CCO)C(=O)CNC(=O)OC(C)(C)C. The normalized spacial score (nSPS) is 12.1. The van der Waals surface area contributed by atoms with Crippen molar-refractivity contribution in [3.8, 4) is 0 Å². The van der Waals surface area contributed by atoms with Crippen molar-refractivity contribution in [2.24, 2.45) is 0 Å². The molecule has 1 unspecified atom stereocenters. The first-order valence-corrected chi connectivity index (χ1v) is 10.7. The summed E-state index contributed by atoms with van der Waals surface area (Å²) in [5.74, 6) is -0.813. The monoisotopic (exact) mass is 435 g/mol. The molecule has 0 saturated carbocycles. The summed E-state index contributed by atoms with van der Waals surface area (Å²) in [5, 5.41) is 14.9. The highest BCUT2D eigenvalue weighted by molar-refractivity contribution is 5.90. The Hall–Kier alpha value is -2.61. The fourth-order valence-corrected chi connectivity index (χ4v) is 3.19. The highest BCUT2D eigenvalue weighted by atomic mass is 16.6. The Morgan fingerprint density at radius 2 is 1.71 bits per heavy atom. The molecule has 0 aliphatic carbocycles. The second kappa shape index (κ2) is 12.3. The number of amides is 3. The number of unbranched alkanes of at least 4 members (excludes halogenated alkanes) is 1. The number of nitrogens with zero attached hydrogens (tertiary/aromatic N) is 1. The number of hydrogen-bond donors (Lipinski definition) is 3. The van der Waals surface area contributed by atoms with E-state index in [0.29, 0.717) is 12.1 Å². The van der Waals surface area contributed by atoms with E-state index >= 15 is 0 Å². The van der Waals surface area contributed by atoms with Gasteiger partial charge in [-0.2, -0.15) is 0 Å². The number of aliphatic hydroxyl groups excluding tert-OH is 1. The molecule has 1 rings (SSSR count). The molecule has 8 heteroatoms. The van der Waals surface area contributed by atoms with Crippen LogP contribution in [0.2, 0.25) is 0 Å². The summed E-state index contributed by atoms with van der Waals surface area (Å²) in [4.78, 5) is 39.3. The molecule has 0 heterocycles. The van der Waals surface area contributed by atoms with Gasteiger partial charge in [0.1, 0.15) is 18.2 Å². The van der Waals surface area contributed by atoms with E-state index in [1.807, 2.05) is 39.0 Å². The van der Waals surface area contributed by atoms with Gasteiger partial charge in [0.15, 0.2) is 0 Å². The molecule has 0 bridgehead atoms. The molecule has 1 atom stereocenters.